The molecule has 102 valence electrons. The zero-order valence-corrected chi connectivity index (χ0v) is 11.1. The molecule has 8 heteroatoms. The standard InChI is InChI=1S/C11H14N4O3S/c1-8(12)9-3-2-4-10(5-9)19(16,17)14-6-11-13-7-18-15-11/h2-5,7-8,14H,6,12H2,1H3. The highest BCUT2D eigenvalue weighted by atomic mass is 32.2. The second kappa shape index (κ2) is 5.47. The monoisotopic (exact) mass is 282 g/mol. The number of nitrogens with zero attached hydrogens (tertiary/aromatic N) is 2. The van der Waals surface area contributed by atoms with Gasteiger partial charge in [-0.3, -0.25) is 0 Å². The van der Waals surface area contributed by atoms with Gasteiger partial charge < -0.3 is 10.3 Å². The molecule has 1 heterocycles. The van der Waals surface area contributed by atoms with Gasteiger partial charge in [-0.2, -0.15) is 4.98 Å². The van der Waals surface area contributed by atoms with Crippen LogP contribution in [-0.4, -0.2) is 18.6 Å². The van der Waals surface area contributed by atoms with E-state index in [4.69, 9.17) is 5.73 Å². The van der Waals surface area contributed by atoms with E-state index in [0.29, 0.717) is 0 Å². The highest BCUT2D eigenvalue weighted by molar-refractivity contribution is 7.89. The number of hydrogen-bond donors (Lipinski definition) is 2. The summed E-state index contributed by atoms with van der Waals surface area (Å²) in [5, 5.41) is 3.53. The van der Waals surface area contributed by atoms with Crippen molar-refractivity contribution in [1.82, 2.24) is 14.9 Å². The van der Waals surface area contributed by atoms with Crippen molar-refractivity contribution in [2.45, 2.75) is 24.4 Å². The molecule has 0 fully saturated rings. The zero-order chi connectivity index (χ0) is 13.9. The van der Waals surface area contributed by atoms with Gasteiger partial charge in [0, 0.05) is 6.04 Å². The summed E-state index contributed by atoms with van der Waals surface area (Å²) in [7, 11) is -3.62. The number of benzene rings is 1. The van der Waals surface area contributed by atoms with Gasteiger partial charge in [0.1, 0.15) is 0 Å². The first-order chi connectivity index (χ1) is 8.99. The molecule has 19 heavy (non-hydrogen) atoms. The first-order valence-corrected chi connectivity index (χ1v) is 7.08. The Bertz CT molecular complexity index is 638. The summed E-state index contributed by atoms with van der Waals surface area (Å²) in [5.41, 5.74) is 6.48. The molecule has 0 spiro atoms. The smallest absolute Gasteiger partial charge is 0.240 e. The Hall–Kier alpha value is -1.77. The number of hydrogen-bond acceptors (Lipinski definition) is 6. The molecule has 0 aliphatic carbocycles. The number of nitrogens with one attached hydrogen (secondary N) is 1. The van der Waals surface area contributed by atoms with Gasteiger partial charge >= 0.3 is 0 Å². The quantitative estimate of drug-likeness (QED) is 0.829. The van der Waals surface area contributed by atoms with Crippen LogP contribution in [0.2, 0.25) is 0 Å². The van der Waals surface area contributed by atoms with E-state index >= 15 is 0 Å². The van der Waals surface area contributed by atoms with Gasteiger partial charge in [0.05, 0.1) is 11.4 Å². The van der Waals surface area contributed by atoms with Gasteiger partial charge in [-0.15, -0.1) is 0 Å². The third kappa shape index (κ3) is 3.37. The molecule has 0 radical (unpaired) electrons. The SMILES string of the molecule is CC(N)c1cccc(S(=O)(=O)NCc2ncon2)c1. The van der Waals surface area contributed by atoms with Crippen molar-refractivity contribution in [2.24, 2.45) is 5.73 Å². The summed E-state index contributed by atoms with van der Waals surface area (Å²) in [5.74, 6) is 0.270. The second-order valence-electron chi connectivity index (χ2n) is 4.03. The van der Waals surface area contributed by atoms with Crippen molar-refractivity contribution in [1.29, 1.82) is 0 Å². The molecule has 1 unspecified atom stereocenters. The van der Waals surface area contributed by atoms with E-state index < -0.39 is 10.0 Å². The van der Waals surface area contributed by atoms with E-state index in [0.717, 1.165) is 12.0 Å². The van der Waals surface area contributed by atoms with Crippen molar-refractivity contribution in [3.8, 4) is 0 Å². The van der Waals surface area contributed by atoms with E-state index in [-0.39, 0.29) is 23.3 Å². The van der Waals surface area contributed by atoms with Gasteiger partial charge in [-0.05, 0) is 24.6 Å². The Balaban J connectivity index is 2.17. The number of sulfonamides is 1. The Kier molecular flexibility index (Phi) is 3.93. The zero-order valence-electron chi connectivity index (χ0n) is 10.3. The van der Waals surface area contributed by atoms with E-state index in [1.165, 1.54) is 6.07 Å². The molecule has 1 aromatic carbocycles. The highest BCUT2D eigenvalue weighted by Crippen LogP contribution is 2.15. The van der Waals surface area contributed by atoms with E-state index in [2.05, 4.69) is 19.4 Å². The van der Waals surface area contributed by atoms with Crippen LogP contribution in [-0.2, 0) is 16.6 Å². The van der Waals surface area contributed by atoms with E-state index in [1.807, 2.05) is 0 Å². The lowest BCUT2D eigenvalue weighted by Gasteiger charge is -2.09. The maximum Gasteiger partial charge on any atom is 0.240 e. The third-order valence-electron chi connectivity index (χ3n) is 2.52. The lowest BCUT2D eigenvalue weighted by atomic mass is 10.1. The number of aromatic nitrogens is 2. The topological polar surface area (TPSA) is 111 Å². The number of rotatable bonds is 5. The fraction of sp³-hybridized carbons (Fsp3) is 0.273. The van der Waals surface area contributed by atoms with Crippen LogP contribution in [0.5, 0.6) is 0 Å². The average molecular weight is 282 g/mol. The summed E-state index contributed by atoms with van der Waals surface area (Å²) in [4.78, 5) is 3.89. The molecule has 3 N–H and O–H groups in total. The van der Waals surface area contributed by atoms with Crippen molar-refractivity contribution in [3.63, 3.8) is 0 Å². The minimum atomic E-state index is -3.62. The van der Waals surface area contributed by atoms with Crippen molar-refractivity contribution in [3.05, 3.63) is 42.0 Å². The summed E-state index contributed by atoms with van der Waals surface area (Å²) in [6.07, 6.45) is 1.14. The van der Waals surface area contributed by atoms with Gasteiger partial charge in [-0.1, -0.05) is 17.3 Å². The molecule has 0 bridgehead atoms. The van der Waals surface area contributed by atoms with Gasteiger partial charge in [0.15, 0.2) is 5.82 Å². The summed E-state index contributed by atoms with van der Waals surface area (Å²) >= 11 is 0. The Morgan fingerprint density at radius 1 is 1.47 bits per heavy atom. The maximum atomic E-state index is 12.1. The summed E-state index contributed by atoms with van der Waals surface area (Å²) < 4.78 is 31.0. The average Bonchev–Trinajstić information content (AvgIpc) is 2.90. The molecule has 0 saturated heterocycles. The molecule has 0 aliphatic rings. The van der Waals surface area contributed by atoms with Crippen LogP contribution in [0.4, 0.5) is 0 Å². The number of nitrogens with two attached hydrogens (primary N) is 1. The van der Waals surface area contributed by atoms with Crippen LogP contribution < -0.4 is 10.5 Å². The lowest BCUT2D eigenvalue weighted by Crippen LogP contribution is -2.24. The molecule has 0 saturated carbocycles. The maximum absolute atomic E-state index is 12.1. The summed E-state index contributed by atoms with van der Waals surface area (Å²) in [6.45, 7) is 1.76. The predicted molar refractivity (Wildman–Crippen MR) is 67.4 cm³/mol. The minimum Gasteiger partial charge on any atom is -0.343 e. The third-order valence-corrected chi connectivity index (χ3v) is 3.92. The molecule has 2 rings (SSSR count). The largest absolute Gasteiger partial charge is 0.343 e. The molecular formula is C11H14N4O3S. The van der Waals surface area contributed by atoms with Crippen molar-refractivity contribution >= 4 is 10.0 Å². The Labute approximate surface area is 110 Å². The van der Waals surface area contributed by atoms with Crippen molar-refractivity contribution in [2.75, 3.05) is 0 Å². The fourth-order valence-electron chi connectivity index (χ4n) is 1.48. The molecule has 1 aromatic heterocycles. The highest BCUT2D eigenvalue weighted by Gasteiger charge is 2.15. The molecule has 2 aromatic rings. The van der Waals surface area contributed by atoms with Crippen LogP contribution in [0.3, 0.4) is 0 Å². The first kappa shape index (κ1) is 13.7. The van der Waals surface area contributed by atoms with Crippen LogP contribution >= 0.6 is 0 Å². The van der Waals surface area contributed by atoms with Crippen molar-refractivity contribution < 1.29 is 12.9 Å². The molecule has 1 atom stereocenters. The molecule has 0 amide bonds. The van der Waals surface area contributed by atoms with Gasteiger partial charge in [0.25, 0.3) is 0 Å². The van der Waals surface area contributed by atoms with Crippen LogP contribution in [0.25, 0.3) is 0 Å². The predicted octanol–water partition coefficient (Wildman–Crippen LogP) is 0.568. The van der Waals surface area contributed by atoms with E-state index in [1.54, 1.807) is 25.1 Å². The Morgan fingerprint density at radius 2 is 2.26 bits per heavy atom. The van der Waals surface area contributed by atoms with Crippen LogP contribution in [0, 0.1) is 0 Å². The van der Waals surface area contributed by atoms with Gasteiger partial charge in [-0.25, -0.2) is 13.1 Å². The summed E-state index contributed by atoms with van der Waals surface area (Å²) in [6, 6.07) is 6.25. The van der Waals surface area contributed by atoms with Crippen LogP contribution in [0.15, 0.2) is 40.1 Å². The van der Waals surface area contributed by atoms with E-state index in [9.17, 15) is 8.42 Å². The first-order valence-electron chi connectivity index (χ1n) is 5.59. The minimum absolute atomic E-state index is 0.0265. The Morgan fingerprint density at radius 3 is 2.89 bits per heavy atom. The normalized spacial score (nSPS) is 13.4. The molecular weight excluding hydrogens is 268 g/mol. The molecule has 7 nitrogen and oxygen atoms in total. The van der Waals surface area contributed by atoms with Crippen LogP contribution in [0.1, 0.15) is 24.4 Å². The lowest BCUT2D eigenvalue weighted by molar-refractivity contribution is 0.409. The second-order valence-corrected chi connectivity index (χ2v) is 5.80. The fourth-order valence-corrected chi connectivity index (χ4v) is 2.51. The molecule has 0 aliphatic heterocycles. The van der Waals surface area contributed by atoms with Gasteiger partial charge in [0.2, 0.25) is 16.4 Å².